The first kappa shape index (κ1) is 13.4. The molecule has 1 saturated carbocycles. The van der Waals surface area contributed by atoms with Crippen molar-refractivity contribution in [2.24, 2.45) is 0 Å². The molecule has 94 valence electrons. The molecule has 0 aliphatic heterocycles. The molecule has 5 nitrogen and oxygen atoms in total. The summed E-state index contributed by atoms with van der Waals surface area (Å²) >= 11 is 0. The van der Waals surface area contributed by atoms with Crippen LogP contribution in [0.5, 0.6) is 0 Å². The third kappa shape index (κ3) is 5.44. The first-order chi connectivity index (χ1) is 7.63. The molecular formula is C11H22N2O3. The number of nitrogens with one attached hydrogen (secondary N) is 1. The number of carbonyl (C=O) groups excluding carboxylic acids is 1. The lowest BCUT2D eigenvalue weighted by atomic mass is 10.3. The number of amides is 1. The molecule has 1 atom stereocenters. The van der Waals surface area contributed by atoms with E-state index < -0.39 is 6.10 Å². The normalized spacial score (nSPS) is 17.2. The Morgan fingerprint density at radius 3 is 2.88 bits per heavy atom. The Balaban J connectivity index is 2.08. The molecule has 2 N–H and O–H groups in total. The molecule has 0 spiro atoms. The zero-order valence-electron chi connectivity index (χ0n) is 10.1. The number of aliphatic hydroxyl groups excluding tert-OH is 1. The van der Waals surface area contributed by atoms with E-state index in [0.29, 0.717) is 19.0 Å². The molecule has 1 unspecified atom stereocenters. The summed E-state index contributed by atoms with van der Waals surface area (Å²) in [7, 11) is 3.24. The first-order valence-corrected chi connectivity index (χ1v) is 5.78. The van der Waals surface area contributed by atoms with Gasteiger partial charge in [-0.25, -0.2) is 0 Å². The summed E-state index contributed by atoms with van der Waals surface area (Å²) in [6.45, 7) is 1.32. The van der Waals surface area contributed by atoms with Gasteiger partial charge < -0.3 is 20.1 Å². The molecule has 1 amide bonds. The number of hydrogen-bond donors (Lipinski definition) is 2. The van der Waals surface area contributed by atoms with E-state index in [1.807, 2.05) is 0 Å². The fraction of sp³-hybridized carbons (Fsp3) is 0.909. The van der Waals surface area contributed by atoms with Crippen LogP contribution in [0.1, 0.15) is 19.3 Å². The van der Waals surface area contributed by atoms with Crippen LogP contribution in [0.4, 0.5) is 0 Å². The van der Waals surface area contributed by atoms with Gasteiger partial charge in [0.05, 0.1) is 12.7 Å². The van der Waals surface area contributed by atoms with Crippen LogP contribution in [-0.4, -0.2) is 61.9 Å². The van der Waals surface area contributed by atoms with E-state index in [1.54, 1.807) is 11.9 Å². The molecule has 0 aromatic heterocycles. The van der Waals surface area contributed by atoms with Crippen molar-refractivity contribution < 1.29 is 14.6 Å². The summed E-state index contributed by atoms with van der Waals surface area (Å²) in [6, 6.07) is 0.636. The van der Waals surface area contributed by atoms with Crippen LogP contribution in [-0.2, 0) is 9.53 Å². The Morgan fingerprint density at radius 2 is 2.31 bits per heavy atom. The summed E-state index contributed by atoms with van der Waals surface area (Å²) in [5.41, 5.74) is 0. The van der Waals surface area contributed by atoms with Crippen LogP contribution in [0.25, 0.3) is 0 Å². The maximum absolute atomic E-state index is 11.6. The highest BCUT2D eigenvalue weighted by Crippen LogP contribution is 2.18. The van der Waals surface area contributed by atoms with Gasteiger partial charge in [0.2, 0.25) is 5.91 Å². The summed E-state index contributed by atoms with van der Waals surface area (Å²) in [5.74, 6) is 0.0586. The van der Waals surface area contributed by atoms with Gasteiger partial charge in [0.25, 0.3) is 0 Å². The van der Waals surface area contributed by atoms with Crippen molar-refractivity contribution in [3.8, 4) is 0 Å². The molecule has 0 bridgehead atoms. The molecule has 1 aliphatic carbocycles. The van der Waals surface area contributed by atoms with Crippen molar-refractivity contribution >= 4 is 5.91 Å². The second-order valence-electron chi connectivity index (χ2n) is 4.36. The fourth-order valence-electron chi connectivity index (χ4n) is 1.52. The molecule has 0 heterocycles. The Bertz CT molecular complexity index is 219. The quantitative estimate of drug-likeness (QED) is 0.595. The lowest BCUT2D eigenvalue weighted by Gasteiger charge is -2.20. The van der Waals surface area contributed by atoms with Crippen molar-refractivity contribution in [2.75, 3.05) is 33.9 Å². The number of ether oxygens (including phenoxy) is 1. The molecule has 16 heavy (non-hydrogen) atoms. The average molecular weight is 230 g/mol. The Morgan fingerprint density at radius 1 is 1.62 bits per heavy atom. The topological polar surface area (TPSA) is 61.8 Å². The fourth-order valence-corrected chi connectivity index (χ4v) is 1.52. The van der Waals surface area contributed by atoms with Gasteiger partial charge in [0.15, 0.2) is 0 Å². The van der Waals surface area contributed by atoms with Crippen LogP contribution in [0.3, 0.4) is 0 Å². The summed E-state index contributed by atoms with van der Waals surface area (Å²) in [5, 5.41) is 12.7. The minimum Gasteiger partial charge on any atom is -0.389 e. The van der Waals surface area contributed by atoms with E-state index in [9.17, 15) is 9.90 Å². The Hall–Kier alpha value is -0.650. The largest absolute Gasteiger partial charge is 0.389 e. The van der Waals surface area contributed by atoms with Gasteiger partial charge in [0.1, 0.15) is 0 Å². The van der Waals surface area contributed by atoms with Crippen LogP contribution in [0.15, 0.2) is 0 Å². The number of carbonyl (C=O) groups is 1. The molecule has 0 radical (unpaired) electrons. The smallest absolute Gasteiger partial charge is 0.223 e. The first-order valence-electron chi connectivity index (χ1n) is 5.78. The van der Waals surface area contributed by atoms with E-state index in [-0.39, 0.29) is 12.5 Å². The van der Waals surface area contributed by atoms with Crippen molar-refractivity contribution in [2.45, 2.75) is 31.4 Å². The Labute approximate surface area is 96.8 Å². The molecule has 0 saturated heterocycles. The Kier molecular flexibility index (Phi) is 5.73. The second kappa shape index (κ2) is 6.83. The highest BCUT2D eigenvalue weighted by atomic mass is 16.5. The molecule has 1 rings (SSSR count). The standard InChI is InChI=1S/C11H22N2O3/c1-13(7-10(14)8-16-2)11(15)5-6-12-9-3-4-9/h9-10,12,14H,3-8H2,1-2H3. The maximum atomic E-state index is 11.6. The van der Waals surface area contributed by atoms with E-state index in [2.05, 4.69) is 5.32 Å². The average Bonchev–Trinajstić information content (AvgIpc) is 3.01. The van der Waals surface area contributed by atoms with Gasteiger partial charge >= 0.3 is 0 Å². The van der Waals surface area contributed by atoms with Crippen LogP contribution < -0.4 is 5.32 Å². The van der Waals surface area contributed by atoms with Gasteiger partial charge in [-0.1, -0.05) is 0 Å². The van der Waals surface area contributed by atoms with Gasteiger partial charge in [-0.2, -0.15) is 0 Å². The van der Waals surface area contributed by atoms with Crippen molar-refractivity contribution in [1.82, 2.24) is 10.2 Å². The van der Waals surface area contributed by atoms with Crippen LogP contribution in [0, 0.1) is 0 Å². The maximum Gasteiger partial charge on any atom is 0.223 e. The highest BCUT2D eigenvalue weighted by Gasteiger charge is 2.20. The highest BCUT2D eigenvalue weighted by molar-refractivity contribution is 5.76. The van der Waals surface area contributed by atoms with E-state index in [0.717, 1.165) is 6.54 Å². The summed E-state index contributed by atoms with van der Waals surface area (Å²) in [6.07, 6.45) is 2.36. The zero-order valence-corrected chi connectivity index (χ0v) is 10.1. The minimum atomic E-state index is -0.602. The molecule has 1 aliphatic rings. The molecule has 0 aromatic rings. The number of methoxy groups -OCH3 is 1. The van der Waals surface area contributed by atoms with Crippen molar-refractivity contribution in [1.29, 1.82) is 0 Å². The molecule has 5 heteroatoms. The second-order valence-corrected chi connectivity index (χ2v) is 4.36. The lowest BCUT2D eigenvalue weighted by Crippen LogP contribution is -2.37. The van der Waals surface area contributed by atoms with Crippen LogP contribution >= 0.6 is 0 Å². The monoisotopic (exact) mass is 230 g/mol. The number of likely N-dealkylation sites (N-methyl/N-ethyl adjacent to an activating group) is 1. The number of aliphatic hydroxyl groups is 1. The number of rotatable bonds is 8. The molecular weight excluding hydrogens is 208 g/mol. The predicted octanol–water partition coefficient (Wildman–Crippen LogP) is -0.406. The van der Waals surface area contributed by atoms with Gasteiger partial charge in [0, 0.05) is 39.7 Å². The van der Waals surface area contributed by atoms with E-state index in [4.69, 9.17) is 4.74 Å². The lowest BCUT2D eigenvalue weighted by molar-refractivity contribution is -0.131. The van der Waals surface area contributed by atoms with Crippen molar-refractivity contribution in [3.05, 3.63) is 0 Å². The zero-order chi connectivity index (χ0) is 12.0. The third-order valence-corrected chi connectivity index (χ3v) is 2.62. The van der Waals surface area contributed by atoms with Gasteiger partial charge in [-0.05, 0) is 12.8 Å². The van der Waals surface area contributed by atoms with Crippen molar-refractivity contribution in [3.63, 3.8) is 0 Å². The molecule has 0 aromatic carbocycles. The predicted molar refractivity (Wildman–Crippen MR) is 61.2 cm³/mol. The van der Waals surface area contributed by atoms with Crippen LogP contribution in [0.2, 0.25) is 0 Å². The number of nitrogens with zero attached hydrogens (tertiary/aromatic N) is 1. The molecule has 1 fully saturated rings. The van der Waals surface area contributed by atoms with Gasteiger partial charge in [-0.3, -0.25) is 4.79 Å². The number of hydrogen-bond acceptors (Lipinski definition) is 4. The SMILES string of the molecule is COCC(O)CN(C)C(=O)CCNC1CC1. The third-order valence-electron chi connectivity index (χ3n) is 2.62. The van der Waals surface area contributed by atoms with E-state index in [1.165, 1.54) is 20.0 Å². The minimum absolute atomic E-state index is 0.0586. The summed E-state index contributed by atoms with van der Waals surface area (Å²) in [4.78, 5) is 13.2. The van der Waals surface area contributed by atoms with E-state index >= 15 is 0 Å². The summed E-state index contributed by atoms with van der Waals surface area (Å²) < 4.78 is 4.80. The van der Waals surface area contributed by atoms with Gasteiger partial charge in [-0.15, -0.1) is 0 Å².